The smallest absolute Gasteiger partial charge is 0.226 e. The average Bonchev–Trinajstić information content (AvgIpc) is 2.70. The summed E-state index contributed by atoms with van der Waals surface area (Å²) in [5.74, 6) is 0.195. The minimum atomic E-state index is 0.195. The number of carbonyl (C=O) groups excluding carboxylic acids is 1. The van der Waals surface area contributed by atoms with Crippen molar-refractivity contribution in [3.05, 3.63) is 60.2 Å². The van der Waals surface area contributed by atoms with Gasteiger partial charge in [0.1, 0.15) is 0 Å². The van der Waals surface area contributed by atoms with Crippen LogP contribution in [-0.2, 0) is 11.2 Å². The van der Waals surface area contributed by atoms with Gasteiger partial charge in [-0.1, -0.05) is 54.6 Å². The Morgan fingerprint density at radius 1 is 0.926 bits per heavy atom. The van der Waals surface area contributed by atoms with E-state index in [4.69, 9.17) is 0 Å². The van der Waals surface area contributed by atoms with Gasteiger partial charge in [-0.2, -0.15) is 0 Å². The van der Waals surface area contributed by atoms with Crippen molar-refractivity contribution in [3.63, 3.8) is 0 Å². The monoisotopic (exact) mass is 365 g/mol. The van der Waals surface area contributed by atoms with Crippen molar-refractivity contribution in [2.24, 2.45) is 0 Å². The summed E-state index contributed by atoms with van der Waals surface area (Å²) < 4.78 is 0. The van der Waals surface area contributed by atoms with E-state index in [-0.39, 0.29) is 5.91 Å². The summed E-state index contributed by atoms with van der Waals surface area (Å²) in [5, 5.41) is 0. The molecule has 0 saturated carbocycles. The number of piperazine rings is 1. The van der Waals surface area contributed by atoms with Crippen molar-refractivity contribution in [2.45, 2.75) is 12.8 Å². The lowest BCUT2D eigenvalue weighted by Crippen LogP contribution is -2.45. The summed E-state index contributed by atoms with van der Waals surface area (Å²) in [6.45, 7) is 6.48. The predicted molar refractivity (Wildman–Crippen MR) is 112 cm³/mol. The molecule has 4 nitrogen and oxygen atoms in total. The van der Waals surface area contributed by atoms with Gasteiger partial charge in [-0.25, -0.2) is 0 Å². The second-order valence-corrected chi connectivity index (χ2v) is 7.55. The molecule has 0 aromatic heterocycles. The number of likely N-dealkylation sites (N-methyl/N-ethyl adjacent to an activating group) is 2. The van der Waals surface area contributed by atoms with Gasteiger partial charge in [-0.15, -0.1) is 0 Å². The predicted octanol–water partition coefficient (Wildman–Crippen LogP) is 2.99. The van der Waals surface area contributed by atoms with E-state index in [1.165, 1.54) is 11.1 Å². The van der Waals surface area contributed by atoms with Crippen LogP contribution in [0.3, 0.4) is 0 Å². The van der Waals surface area contributed by atoms with E-state index in [1.807, 2.05) is 30.1 Å². The SMILES string of the molecule is CN1CCN(CCCN(C)C(=O)Cc2ccc(-c3ccccc3)cc2)CC1. The van der Waals surface area contributed by atoms with Crippen molar-refractivity contribution in [1.82, 2.24) is 14.7 Å². The Morgan fingerprint density at radius 2 is 1.56 bits per heavy atom. The second kappa shape index (κ2) is 9.67. The lowest BCUT2D eigenvalue weighted by Gasteiger charge is -2.32. The molecule has 0 atom stereocenters. The van der Waals surface area contributed by atoms with Crippen molar-refractivity contribution < 1.29 is 4.79 Å². The maximum absolute atomic E-state index is 12.5. The minimum Gasteiger partial charge on any atom is -0.345 e. The highest BCUT2D eigenvalue weighted by molar-refractivity contribution is 5.78. The summed E-state index contributed by atoms with van der Waals surface area (Å²) in [6.07, 6.45) is 1.51. The van der Waals surface area contributed by atoms with E-state index < -0.39 is 0 Å². The summed E-state index contributed by atoms with van der Waals surface area (Å²) in [7, 11) is 4.10. The lowest BCUT2D eigenvalue weighted by atomic mass is 10.0. The molecule has 0 spiro atoms. The fourth-order valence-corrected chi connectivity index (χ4v) is 3.48. The molecule has 0 bridgehead atoms. The van der Waals surface area contributed by atoms with E-state index in [9.17, 15) is 4.79 Å². The highest BCUT2D eigenvalue weighted by Crippen LogP contribution is 2.19. The van der Waals surface area contributed by atoms with E-state index >= 15 is 0 Å². The molecule has 2 aromatic carbocycles. The topological polar surface area (TPSA) is 26.8 Å². The molecule has 2 aromatic rings. The zero-order valence-electron chi connectivity index (χ0n) is 16.6. The second-order valence-electron chi connectivity index (χ2n) is 7.55. The lowest BCUT2D eigenvalue weighted by molar-refractivity contribution is -0.129. The van der Waals surface area contributed by atoms with Crippen molar-refractivity contribution >= 4 is 5.91 Å². The summed E-state index contributed by atoms with van der Waals surface area (Å²) in [6, 6.07) is 18.7. The van der Waals surface area contributed by atoms with Crippen molar-refractivity contribution in [2.75, 3.05) is 53.4 Å². The Labute approximate surface area is 163 Å². The van der Waals surface area contributed by atoms with Crippen LogP contribution in [0.2, 0.25) is 0 Å². The van der Waals surface area contributed by atoms with E-state index in [0.717, 1.165) is 51.3 Å². The number of amides is 1. The highest BCUT2D eigenvalue weighted by Gasteiger charge is 2.14. The van der Waals surface area contributed by atoms with Crippen molar-refractivity contribution in [3.8, 4) is 11.1 Å². The van der Waals surface area contributed by atoms with E-state index in [1.54, 1.807) is 0 Å². The number of carbonyl (C=O) groups is 1. The van der Waals surface area contributed by atoms with Gasteiger partial charge < -0.3 is 14.7 Å². The molecule has 0 N–H and O–H groups in total. The number of benzene rings is 2. The maximum atomic E-state index is 12.5. The highest BCUT2D eigenvalue weighted by atomic mass is 16.2. The van der Waals surface area contributed by atoms with Gasteiger partial charge in [0, 0.05) is 39.8 Å². The number of hydrogen-bond donors (Lipinski definition) is 0. The number of nitrogens with zero attached hydrogens (tertiary/aromatic N) is 3. The molecule has 1 aliphatic heterocycles. The number of hydrogen-bond acceptors (Lipinski definition) is 3. The normalized spacial score (nSPS) is 15.6. The first-order chi connectivity index (χ1) is 13.1. The molecule has 0 radical (unpaired) electrons. The third-order valence-corrected chi connectivity index (χ3v) is 5.41. The van der Waals surface area contributed by atoms with Gasteiger partial charge in [0.15, 0.2) is 0 Å². The third kappa shape index (κ3) is 5.91. The van der Waals surface area contributed by atoms with Crippen LogP contribution in [0.5, 0.6) is 0 Å². The largest absolute Gasteiger partial charge is 0.345 e. The quantitative estimate of drug-likeness (QED) is 0.755. The van der Waals surface area contributed by atoms with Crippen molar-refractivity contribution in [1.29, 1.82) is 0 Å². The minimum absolute atomic E-state index is 0.195. The molecule has 1 aliphatic rings. The Bertz CT molecular complexity index is 706. The Balaban J connectivity index is 1.42. The van der Waals surface area contributed by atoms with Gasteiger partial charge in [-0.05, 0) is 36.7 Å². The van der Waals surface area contributed by atoms with Crippen LogP contribution in [0, 0.1) is 0 Å². The van der Waals surface area contributed by atoms with E-state index in [0.29, 0.717) is 6.42 Å². The Hall–Kier alpha value is -2.17. The van der Waals surface area contributed by atoms with Crippen LogP contribution in [-0.4, -0.2) is 74.0 Å². The van der Waals surface area contributed by atoms with Crippen LogP contribution in [0.15, 0.2) is 54.6 Å². The standard InChI is InChI=1S/C23H31N3O/c1-24-15-17-26(18-16-24)14-6-13-25(2)23(27)19-20-9-11-22(12-10-20)21-7-4-3-5-8-21/h3-5,7-12H,6,13-19H2,1-2H3. The third-order valence-electron chi connectivity index (χ3n) is 5.41. The van der Waals surface area contributed by atoms with Gasteiger partial charge >= 0.3 is 0 Å². The molecule has 3 rings (SSSR count). The summed E-state index contributed by atoms with van der Waals surface area (Å²) in [4.78, 5) is 19.2. The first-order valence-corrected chi connectivity index (χ1v) is 9.91. The van der Waals surface area contributed by atoms with Gasteiger partial charge in [0.05, 0.1) is 6.42 Å². The fourth-order valence-electron chi connectivity index (χ4n) is 3.48. The Kier molecular flexibility index (Phi) is 7.02. The summed E-state index contributed by atoms with van der Waals surface area (Å²) in [5.41, 5.74) is 3.47. The molecule has 4 heteroatoms. The van der Waals surface area contributed by atoms with E-state index in [2.05, 4.69) is 53.2 Å². The first kappa shape index (κ1) is 19.6. The molecule has 1 fully saturated rings. The fraction of sp³-hybridized carbons (Fsp3) is 0.435. The van der Waals surface area contributed by atoms with Gasteiger partial charge in [-0.3, -0.25) is 4.79 Å². The van der Waals surface area contributed by atoms with Crippen LogP contribution in [0.25, 0.3) is 11.1 Å². The zero-order valence-corrected chi connectivity index (χ0v) is 16.6. The molecule has 1 saturated heterocycles. The molecule has 0 unspecified atom stereocenters. The van der Waals surface area contributed by atoms with Crippen LogP contribution >= 0.6 is 0 Å². The Morgan fingerprint density at radius 3 is 2.22 bits per heavy atom. The molecule has 1 amide bonds. The number of rotatable bonds is 7. The molecule has 0 aliphatic carbocycles. The zero-order chi connectivity index (χ0) is 19.1. The van der Waals surface area contributed by atoms with Crippen LogP contribution < -0.4 is 0 Å². The maximum Gasteiger partial charge on any atom is 0.226 e. The molecular weight excluding hydrogens is 334 g/mol. The molecule has 144 valence electrons. The molecule has 1 heterocycles. The van der Waals surface area contributed by atoms with Crippen LogP contribution in [0.1, 0.15) is 12.0 Å². The first-order valence-electron chi connectivity index (χ1n) is 9.91. The van der Waals surface area contributed by atoms with Gasteiger partial charge in [0.2, 0.25) is 5.91 Å². The van der Waals surface area contributed by atoms with Crippen LogP contribution in [0.4, 0.5) is 0 Å². The average molecular weight is 366 g/mol. The van der Waals surface area contributed by atoms with Gasteiger partial charge in [0.25, 0.3) is 0 Å². The summed E-state index contributed by atoms with van der Waals surface area (Å²) >= 11 is 0. The molecule has 27 heavy (non-hydrogen) atoms. The molecular formula is C23H31N3O.